The molecule has 0 bridgehead atoms. The number of hydrogen-bond donors (Lipinski definition) is 1. The van der Waals surface area contributed by atoms with Crippen LogP contribution < -0.4 is 10.2 Å². The number of tetrazole rings is 1. The van der Waals surface area contributed by atoms with Gasteiger partial charge in [-0.2, -0.15) is 44.3 Å². The van der Waals surface area contributed by atoms with Gasteiger partial charge in [0.1, 0.15) is 0 Å². The Morgan fingerprint density at radius 3 is 2.00 bits per heavy atom. The molecule has 3 aromatic rings. The predicted octanol–water partition coefficient (Wildman–Crippen LogP) is 6.61. The molecule has 0 fully saturated rings. The van der Waals surface area contributed by atoms with E-state index in [4.69, 9.17) is 0 Å². The van der Waals surface area contributed by atoms with Crippen LogP contribution in [-0.2, 0) is 32.1 Å². The monoisotopic (exact) mass is 552 g/mol. The van der Waals surface area contributed by atoms with Crippen LogP contribution in [0.4, 0.5) is 51.1 Å². The number of halogens is 9. The molecule has 0 unspecified atom stereocenters. The summed E-state index contributed by atoms with van der Waals surface area (Å²) in [4.78, 5) is 2.31. The molecular weight excluding hydrogens is 531 g/mol. The van der Waals surface area contributed by atoms with E-state index in [2.05, 4.69) is 20.7 Å². The first kappa shape index (κ1) is 27.5. The Balaban J connectivity index is 1.87. The Kier molecular flexibility index (Phi) is 6.99. The van der Waals surface area contributed by atoms with Crippen LogP contribution in [0.1, 0.15) is 53.6 Å². The lowest BCUT2D eigenvalue weighted by Crippen LogP contribution is -2.38. The van der Waals surface area contributed by atoms with Crippen molar-refractivity contribution in [3.8, 4) is 0 Å². The number of hydrogen-bond acceptors (Lipinski definition) is 5. The summed E-state index contributed by atoms with van der Waals surface area (Å²) in [6, 6.07) is 3.04. The summed E-state index contributed by atoms with van der Waals surface area (Å²) >= 11 is 0. The smallest absolute Gasteiger partial charge is 0.382 e. The topological polar surface area (TPSA) is 58.9 Å². The van der Waals surface area contributed by atoms with Crippen LogP contribution in [-0.4, -0.2) is 26.2 Å². The Hall–Kier alpha value is -3.52. The summed E-state index contributed by atoms with van der Waals surface area (Å²) in [7, 11) is 1.40. The lowest BCUT2D eigenvalue weighted by atomic mass is 9.89. The van der Waals surface area contributed by atoms with E-state index < -0.39 is 47.8 Å². The number of nitrogens with one attached hydrogen (secondary N) is 1. The first-order valence-electron chi connectivity index (χ1n) is 11.3. The van der Waals surface area contributed by atoms with Crippen molar-refractivity contribution in [3.63, 3.8) is 0 Å². The molecule has 4 rings (SSSR count). The summed E-state index contributed by atoms with van der Waals surface area (Å²) in [5.41, 5.74) is -3.84. The number of rotatable bonds is 5. The van der Waals surface area contributed by atoms with Crippen molar-refractivity contribution < 1.29 is 39.5 Å². The first-order chi connectivity index (χ1) is 17.6. The first-order valence-corrected chi connectivity index (χ1v) is 11.3. The maximum Gasteiger partial charge on any atom is 0.416 e. The number of nitrogens with zero attached hydrogens (tertiary/aromatic N) is 5. The molecule has 0 saturated carbocycles. The van der Waals surface area contributed by atoms with Crippen molar-refractivity contribution in [1.29, 1.82) is 0 Å². The molecule has 0 spiro atoms. The van der Waals surface area contributed by atoms with Crippen LogP contribution in [0.15, 0.2) is 36.4 Å². The molecule has 6 nitrogen and oxygen atoms in total. The van der Waals surface area contributed by atoms with Crippen molar-refractivity contribution >= 4 is 11.6 Å². The average Bonchev–Trinajstić information content (AvgIpc) is 3.25. The van der Waals surface area contributed by atoms with Crippen molar-refractivity contribution in [2.75, 3.05) is 10.2 Å². The van der Waals surface area contributed by atoms with E-state index in [9.17, 15) is 39.5 Å². The number of fused-ring (bicyclic) bond motifs is 1. The second kappa shape index (κ2) is 9.66. The molecule has 1 N–H and O–H groups in total. The molecular formula is C23H21F9N6. The highest BCUT2D eigenvalue weighted by Crippen LogP contribution is 2.43. The lowest BCUT2D eigenvalue weighted by molar-refractivity contribution is -0.143. The summed E-state index contributed by atoms with van der Waals surface area (Å²) < 4.78 is 121. The Morgan fingerprint density at radius 2 is 1.50 bits per heavy atom. The molecule has 0 radical (unpaired) electrons. The third-order valence-electron chi connectivity index (χ3n) is 6.23. The van der Waals surface area contributed by atoms with Gasteiger partial charge >= 0.3 is 18.5 Å². The maximum atomic E-state index is 13.5. The fraction of sp³-hybridized carbons (Fsp3) is 0.435. The van der Waals surface area contributed by atoms with Gasteiger partial charge in [0.25, 0.3) is 5.95 Å². The fourth-order valence-electron chi connectivity index (χ4n) is 4.40. The van der Waals surface area contributed by atoms with Crippen LogP contribution in [0.3, 0.4) is 0 Å². The van der Waals surface area contributed by atoms with Gasteiger partial charge in [-0.25, -0.2) is 0 Å². The van der Waals surface area contributed by atoms with Gasteiger partial charge in [-0.3, -0.25) is 0 Å². The molecule has 0 aliphatic carbocycles. The normalized spacial score (nSPS) is 18.2. The highest BCUT2D eigenvalue weighted by molar-refractivity contribution is 5.59. The molecule has 2 aromatic carbocycles. The van der Waals surface area contributed by atoms with Gasteiger partial charge in [0, 0.05) is 18.3 Å². The minimum Gasteiger partial charge on any atom is -0.382 e. The SMILES string of the molecule is CC[C@@H]1C[C@H](N(Cc2cc(C(F)(F)F)cc(C(F)(F)F)c2)c2nnn(C)n2)c2cc(C(F)(F)F)ccc2N1. The van der Waals surface area contributed by atoms with Crippen molar-refractivity contribution in [2.45, 2.75) is 56.9 Å². The van der Waals surface area contributed by atoms with Gasteiger partial charge in [0.2, 0.25) is 0 Å². The van der Waals surface area contributed by atoms with E-state index >= 15 is 0 Å². The van der Waals surface area contributed by atoms with Crippen LogP contribution in [0.5, 0.6) is 0 Å². The second-order valence-electron chi connectivity index (χ2n) is 8.92. The third-order valence-corrected chi connectivity index (χ3v) is 6.23. The zero-order valence-electron chi connectivity index (χ0n) is 19.9. The van der Waals surface area contributed by atoms with E-state index in [1.54, 1.807) is 0 Å². The lowest BCUT2D eigenvalue weighted by Gasteiger charge is -2.39. The van der Waals surface area contributed by atoms with Crippen molar-refractivity contribution in [2.24, 2.45) is 7.05 Å². The zero-order chi connectivity index (χ0) is 28.0. The highest BCUT2D eigenvalue weighted by atomic mass is 19.4. The minimum atomic E-state index is -5.07. The maximum absolute atomic E-state index is 13.5. The van der Waals surface area contributed by atoms with E-state index in [1.165, 1.54) is 18.0 Å². The molecule has 15 heteroatoms. The number of aromatic nitrogens is 4. The summed E-state index contributed by atoms with van der Waals surface area (Å²) in [5.74, 6) is -0.163. The molecule has 2 atom stereocenters. The number of alkyl halides is 9. The Morgan fingerprint density at radius 1 is 0.895 bits per heavy atom. The minimum absolute atomic E-state index is 0.0109. The predicted molar refractivity (Wildman–Crippen MR) is 118 cm³/mol. The summed E-state index contributed by atoms with van der Waals surface area (Å²) in [6.07, 6.45) is -14.1. The van der Waals surface area contributed by atoms with E-state index in [-0.39, 0.29) is 35.6 Å². The Labute approximate surface area is 210 Å². The van der Waals surface area contributed by atoms with Crippen LogP contribution in [0.25, 0.3) is 0 Å². The van der Waals surface area contributed by atoms with Gasteiger partial charge < -0.3 is 10.2 Å². The highest BCUT2D eigenvalue weighted by Gasteiger charge is 2.39. The quantitative estimate of drug-likeness (QED) is 0.361. The summed E-state index contributed by atoms with van der Waals surface area (Å²) in [6.45, 7) is 1.27. The van der Waals surface area contributed by atoms with E-state index in [1.807, 2.05) is 6.92 Å². The third kappa shape index (κ3) is 5.80. The average molecular weight is 552 g/mol. The number of benzene rings is 2. The van der Waals surface area contributed by atoms with Gasteiger partial charge in [-0.1, -0.05) is 12.0 Å². The number of aryl methyl sites for hydroxylation is 1. The van der Waals surface area contributed by atoms with Crippen LogP contribution in [0, 0.1) is 0 Å². The summed E-state index contributed by atoms with van der Waals surface area (Å²) in [5, 5.41) is 14.8. The van der Waals surface area contributed by atoms with Gasteiger partial charge in [0.15, 0.2) is 0 Å². The van der Waals surface area contributed by atoms with Crippen LogP contribution >= 0.6 is 0 Å². The molecule has 206 valence electrons. The van der Waals surface area contributed by atoms with Gasteiger partial charge in [-0.15, -0.1) is 5.10 Å². The second-order valence-corrected chi connectivity index (χ2v) is 8.92. The molecule has 1 aliphatic heterocycles. The molecule has 1 aromatic heterocycles. The van der Waals surface area contributed by atoms with Crippen molar-refractivity contribution in [3.05, 3.63) is 64.2 Å². The fourth-order valence-corrected chi connectivity index (χ4v) is 4.40. The molecule has 1 aliphatic rings. The standard InChI is InChI=1S/C23H21F9N6/c1-3-16-10-19(17-9-13(21(24,25)26)4-5-18(17)33-16)38(20-34-36-37(2)35-20)11-12-6-14(22(27,28)29)8-15(7-12)23(30,31)32/h4-9,16,19,33H,3,10-11H2,1-2H3/t16-,19+/m1/s1. The molecule has 0 amide bonds. The largest absolute Gasteiger partial charge is 0.416 e. The molecule has 0 saturated heterocycles. The van der Waals surface area contributed by atoms with Gasteiger partial charge in [-0.05, 0) is 65.6 Å². The molecule has 38 heavy (non-hydrogen) atoms. The number of anilines is 2. The molecule has 2 heterocycles. The van der Waals surface area contributed by atoms with Crippen LogP contribution in [0.2, 0.25) is 0 Å². The van der Waals surface area contributed by atoms with Gasteiger partial charge in [0.05, 0.1) is 29.8 Å². The van der Waals surface area contributed by atoms with E-state index in [0.717, 1.165) is 16.9 Å². The van der Waals surface area contributed by atoms with Crippen molar-refractivity contribution in [1.82, 2.24) is 20.2 Å². The van der Waals surface area contributed by atoms with E-state index in [0.29, 0.717) is 24.2 Å². The zero-order valence-corrected chi connectivity index (χ0v) is 19.9. The Bertz CT molecular complexity index is 1260.